The smallest absolute Gasteiger partial charge is 0.352 e. The number of allylic oxidation sites excluding steroid dienone is 1. The quantitative estimate of drug-likeness (QED) is 0.563. The molecule has 0 atom stereocenters. The molecule has 1 aliphatic heterocycles. The molecule has 3 aromatic rings. The molecular weight excluding hydrogens is 351 g/mol. The van der Waals surface area contributed by atoms with Crippen LogP contribution in [0.2, 0.25) is 0 Å². The number of rotatable bonds is 2. The van der Waals surface area contributed by atoms with Crippen LogP contribution in [-0.2, 0) is 6.18 Å². The Hall–Kier alpha value is -3.34. The van der Waals surface area contributed by atoms with Gasteiger partial charge in [0.05, 0.1) is 11.3 Å². The highest BCUT2D eigenvalue weighted by atomic mass is 19.4. The first kappa shape index (κ1) is 17.1. The van der Waals surface area contributed by atoms with Crippen molar-refractivity contribution in [2.24, 2.45) is 0 Å². The fourth-order valence-corrected chi connectivity index (χ4v) is 3.03. The summed E-state index contributed by atoms with van der Waals surface area (Å²) < 4.78 is 38.0. The highest BCUT2D eigenvalue weighted by Gasteiger charge is 2.30. The largest absolute Gasteiger partial charge is 0.416 e. The van der Waals surface area contributed by atoms with Crippen molar-refractivity contribution >= 4 is 17.5 Å². The second kappa shape index (κ2) is 6.43. The van der Waals surface area contributed by atoms with E-state index in [0.29, 0.717) is 16.8 Å². The molecule has 0 aliphatic carbocycles. The fourth-order valence-electron chi connectivity index (χ4n) is 3.03. The van der Waals surface area contributed by atoms with Crippen molar-refractivity contribution in [2.45, 2.75) is 6.18 Å². The lowest BCUT2D eigenvalue weighted by Crippen LogP contribution is -2.03. The SMILES string of the molecule is O=C1/C(=C/c2ccc(-c3ccc(C(F)(F)F)cc3)cc2)Nc2ccccc21. The standard InChI is InChI=1S/C22H14F3NO/c23-22(24,25)17-11-9-16(10-12-17)15-7-5-14(6-8-15)13-20-21(27)18-3-1-2-4-19(18)26-20/h1-13,26H/b20-13-. The van der Waals surface area contributed by atoms with Gasteiger partial charge in [0.1, 0.15) is 0 Å². The minimum absolute atomic E-state index is 0.0579. The van der Waals surface area contributed by atoms with Crippen molar-refractivity contribution in [2.75, 3.05) is 5.32 Å². The number of nitrogens with one attached hydrogen (secondary N) is 1. The Kier molecular flexibility index (Phi) is 4.07. The van der Waals surface area contributed by atoms with Crippen LogP contribution in [0.25, 0.3) is 17.2 Å². The molecule has 0 saturated heterocycles. The molecule has 0 aromatic heterocycles. The zero-order valence-corrected chi connectivity index (χ0v) is 14.0. The van der Waals surface area contributed by atoms with Gasteiger partial charge in [0.25, 0.3) is 0 Å². The molecule has 0 radical (unpaired) electrons. The van der Waals surface area contributed by atoms with Gasteiger partial charge in [-0.2, -0.15) is 13.2 Å². The minimum Gasteiger partial charge on any atom is -0.352 e. The van der Waals surface area contributed by atoms with Crippen molar-refractivity contribution in [1.82, 2.24) is 0 Å². The lowest BCUT2D eigenvalue weighted by Gasteiger charge is -2.08. The summed E-state index contributed by atoms with van der Waals surface area (Å²) in [6, 6.07) is 19.7. The van der Waals surface area contributed by atoms with Gasteiger partial charge in [0.15, 0.2) is 0 Å². The van der Waals surface area contributed by atoms with E-state index in [-0.39, 0.29) is 5.78 Å². The molecule has 0 fully saturated rings. The monoisotopic (exact) mass is 365 g/mol. The average molecular weight is 365 g/mol. The Morgan fingerprint density at radius 1 is 0.778 bits per heavy atom. The average Bonchev–Trinajstić information content (AvgIpc) is 2.98. The second-order valence-electron chi connectivity index (χ2n) is 6.25. The number of benzene rings is 3. The van der Waals surface area contributed by atoms with Crippen LogP contribution in [0.4, 0.5) is 18.9 Å². The molecule has 1 heterocycles. The van der Waals surface area contributed by atoms with E-state index in [2.05, 4.69) is 5.32 Å². The molecule has 0 bridgehead atoms. The highest BCUT2D eigenvalue weighted by Crippen LogP contribution is 2.32. The number of ketones is 1. The normalized spacial score (nSPS) is 14.9. The number of anilines is 1. The Balaban J connectivity index is 1.56. The molecule has 1 N–H and O–H groups in total. The lowest BCUT2D eigenvalue weighted by molar-refractivity contribution is -0.137. The van der Waals surface area contributed by atoms with Crippen LogP contribution < -0.4 is 5.32 Å². The third-order valence-electron chi connectivity index (χ3n) is 4.45. The van der Waals surface area contributed by atoms with Gasteiger partial charge in [-0.25, -0.2) is 0 Å². The summed E-state index contributed by atoms with van der Waals surface area (Å²) >= 11 is 0. The Morgan fingerprint density at radius 3 is 1.96 bits per heavy atom. The zero-order valence-electron chi connectivity index (χ0n) is 14.0. The van der Waals surface area contributed by atoms with Gasteiger partial charge in [-0.05, 0) is 47.0 Å². The van der Waals surface area contributed by atoms with Gasteiger partial charge >= 0.3 is 6.18 Å². The van der Waals surface area contributed by atoms with E-state index in [1.165, 1.54) is 12.1 Å². The number of halogens is 3. The predicted octanol–water partition coefficient (Wildman–Crippen LogP) is 6.02. The van der Waals surface area contributed by atoms with Gasteiger partial charge in [-0.1, -0.05) is 48.5 Å². The van der Waals surface area contributed by atoms with Gasteiger partial charge in [0, 0.05) is 11.3 Å². The summed E-state index contributed by atoms with van der Waals surface area (Å²) in [5.74, 6) is -0.0579. The molecule has 0 amide bonds. The number of Topliss-reactive ketones (excluding diaryl/α,β-unsaturated/α-hetero) is 1. The molecule has 0 saturated carbocycles. The molecule has 5 heteroatoms. The lowest BCUT2D eigenvalue weighted by atomic mass is 10.0. The Morgan fingerprint density at radius 2 is 1.37 bits per heavy atom. The summed E-state index contributed by atoms with van der Waals surface area (Å²) in [5.41, 5.74) is 3.59. The molecule has 1 aliphatic rings. The summed E-state index contributed by atoms with van der Waals surface area (Å²) in [5, 5.41) is 3.10. The van der Waals surface area contributed by atoms with Crippen LogP contribution in [0, 0.1) is 0 Å². The van der Waals surface area contributed by atoms with Crippen LogP contribution in [0.1, 0.15) is 21.5 Å². The van der Waals surface area contributed by atoms with Crippen LogP contribution >= 0.6 is 0 Å². The van der Waals surface area contributed by atoms with Gasteiger partial charge in [-0.3, -0.25) is 4.79 Å². The van der Waals surface area contributed by atoms with E-state index in [9.17, 15) is 18.0 Å². The first-order valence-corrected chi connectivity index (χ1v) is 8.32. The third-order valence-corrected chi connectivity index (χ3v) is 4.45. The summed E-state index contributed by atoms with van der Waals surface area (Å²) in [6.45, 7) is 0. The number of alkyl halides is 3. The van der Waals surface area contributed by atoms with Gasteiger partial charge in [0.2, 0.25) is 5.78 Å². The van der Waals surface area contributed by atoms with Gasteiger partial charge < -0.3 is 5.32 Å². The molecule has 3 aromatic carbocycles. The second-order valence-corrected chi connectivity index (χ2v) is 6.25. The third kappa shape index (κ3) is 3.36. The highest BCUT2D eigenvalue weighted by molar-refractivity contribution is 6.20. The number of hydrogen-bond acceptors (Lipinski definition) is 2. The van der Waals surface area contributed by atoms with Crippen LogP contribution in [-0.4, -0.2) is 5.78 Å². The van der Waals surface area contributed by atoms with E-state index in [1.807, 2.05) is 42.5 Å². The maximum Gasteiger partial charge on any atom is 0.416 e. The molecule has 0 unspecified atom stereocenters. The number of carbonyl (C=O) groups is 1. The number of para-hydroxylation sites is 1. The molecule has 27 heavy (non-hydrogen) atoms. The maximum absolute atomic E-state index is 12.7. The topological polar surface area (TPSA) is 29.1 Å². The molecule has 4 rings (SSSR count). The van der Waals surface area contributed by atoms with E-state index in [0.717, 1.165) is 28.9 Å². The molecule has 0 spiro atoms. The Labute approximate surface area is 154 Å². The molecule has 2 nitrogen and oxygen atoms in total. The Bertz CT molecular complexity index is 1030. The van der Waals surface area contributed by atoms with Crippen LogP contribution in [0.3, 0.4) is 0 Å². The molecule has 134 valence electrons. The first-order valence-electron chi connectivity index (χ1n) is 8.32. The van der Waals surface area contributed by atoms with E-state index in [4.69, 9.17) is 0 Å². The van der Waals surface area contributed by atoms with Crippen LogP contribution in [0.15, 0.2) is 78.5 Å². The summed E-state index contributed by atoms with van der Waals surface area (Å²) in [4.78, 5) is 12.4. The predicted molar refractivity (Wildman–Crippen MR) is 99.3 cm³/mol. The van der Waals surface area contributed by atoms with Gasteiger partial charge in [-0.15, -0.1) is 0 Å². The zero-order chi connectivity index (χ0) is 19.0. The fraction of sp³-hybridized carbons (Fsp3) is 0.0455. The summed E-state index contributed by atoms with van der Waals surface area (Å²) in [6.07, 6.45) is -2.58. The van der Waals surface area contributed by atoms with E-state index in [1.54, 1.807) is 12.1 Å². The van der Waals surface area contributed by atoms with E-state index >= 15 is 0 Å². The minimum atomic E-state index is -4.34. The van der Waals surface area contributed by atoms with Crippen molar-refractivity contribution < 1.29 is 18.0 Å². The van der Waals surface area contributed by atoms with Crippen molar-refractivity contribution in [3.8, 4) is 11.1 Å². The van der Waals surface area contributed by atoms with E-state index < -0.39 is 11.7 Å². The maximum atomic E-state index is 12.7. The van der Waals surface area contributed by atoms with Crippen molar-refractivity contribution in [1.29, 1.82) is 0 Å². The van der Waals surface area contributed by atoms with Crippen molar-refractivity contribution in [3.05, 3.63) is 95.2 Å². The number of hydrogen-bond donors (Lipinski definition) is 1. The summed E-state index contributed by atoms with van der Waals surface area (Å²) in [7, 11) is 0. The van der Waals surface area contributed by atoms with Crippen molar-refractivity contribution in [3.63, 3.8) is 0 Å². The van der Waals surface area contributed by atoms with Crippen LogP contribution in [0.5, 0.6) is 0 Å². The molecular formula is C22H14F3NO. The number of carbonyl (C=O) groups excluding carboxylic acids is 1. The first-order chi connectivity index (χ1) is 12.9. The number of fused-ring (bicyclic) bond motifs is 1.